The first-order valence-electron chi connectivity index (χ1n) is 20.4. The Kier molecular flexibility index (Phi) is 22.0. The summed E-state index contributed by atoms with van der Waals surface area (Å²) in [5.74, 6) is -2.05. The molecule has 0 bridgehead atoms. The zero-order valence-electron chi connectivity index (χ0n) is 35.4. The van der Waals surface area contributed by atoms with Gasteiger partial charge in [-0.1, -0.05) is 60.1 Å². The maximum atomic E-state index is 13.8. The SMILES string of the molecule is CN[C@@H](CSC1CC(=O)N(CCCCCC(=O)NC([SiH3])[C@H](C(=O)NC(CCCNC(N)=O)C(=O)Nc2ccc(COC(=O)C(C)C)cc2)C(C)C)C1O)C(=O)C(C)C. The van der Waals surface area contributed by atoms with Crippen molar-refractivity contribution in [1.29, 1.82) is 0 Å². The Labute approximate surface area is 350 Å². The molecule has 1 fully saturated rings. The molecule has 1 aliphatic heterocycles. The molecule has 4 unspecified atom stereocenters. The van der Waals surface area contributed by atoms with Crippen LogP contribution in [-0.4, -0.2) is 117 Å². The van der Waals surface area contributed by atoms with E-state index in [1.165, 1.54) is 16.7 Å². The molecule has 6 amide bonds. The molecule has 0 spiro atoms. The molecule has 6 atom stereocenters. The predicted octanol–water partition coefficient (Wildman–Crippen LogP) is 1.36. The van der Waals surface area contributed by atoms with Crippen LogP contribution in [0, 0.1) is 23.7 Å². The second kappa shape index (κ2) is 25.5. The molecule has 8 N–H and O–H groups in total. The largest absolute Gasteiger partial charge is 0.461 e. The number of nitrogens with zero attached hydrogens (tertiary/aromatic N) is 1. The van der Waals surface area contributed by atoms with E-state index in [-0.39, 0.29) is 90.9 Å². The first kappa shape index (κ1) is 50.1. The highest BCUT2D eigenvalue weighted by Gasteiger charge is 2.39. The summed E-state index contributed by atoms with van der Waals surface area (Å²) in [6.07, 6.45) is 1.89. The number of Topliss-reactive ketones (excluding diaryl/α,β-unsaturated/α-hetero) is 1. The van der Waals surface area contributed by atoms with Crippen LogP contribution in [-0.2, 0) is 40.1 Å². The number of ketones is 1. The number of esters is 1. The lowest BCUT2D eigenvalue weighted by Gasteiger charge is -2.29. The fraction of sp³-hybridized carbons (Fsp3) is 0.675. The first-order chi connectivity index (χ1) is 27.4. The minimum atomic E-state index is -0.950. The molecule has 1 aliphatic rings. The number of rotatable bonds is 26. The predicted molar refractivity (Wildman–Crippen MR) is 228 cm³/mol. The van der Waals surface area contributed by atoms with Gasteiger partial charge in [-0.15, -0.1) is 0 Å². The summed E-state index contributed by atoms with van der Waals surface area (Å²) in [6, 6.07) is 4.82. The number of thioether (sulfide) groups is 1. The number of primary amides is 1. The van der Waals surface area contributed by atoms with Crippen LogP contribution in [0.5, 0.6) is 0 Å². The molecule has 0 aromatic heterocycles. The van der Waals surface area contributed by atoms with E-state index >= 15 is 0 Å². The molecule has 1 saturated heterocycles. The number of anilines is 1. The fourth-order valence-corrected chi connectivity index (χ4v) is 9.38. The number of nitrogens with two attached hydrogens (primary N) is 1. The summed E-state index contributed by atoms with van der Waals surface area (Å²) in [6.45, 7) is 11.6. The van der Waals surface area contributed by atoms with Crippen molar-refractivity contribution < 1.29 is 43.4 Å². The minimum Gasteiger partial charge on any atom is -0.461 e. The smallest absolute Gasteiger partial charge is 0.312 e. The number of hydrogen-bond acceptors (Lipinski definition) is 11. The number of unbranched alkanes of at least 4 members (excludes halogenated alkanes) is 2. The van der Waals surface area contributed by atoms with Gasteiger partial charge in [-0.25, -0.2) is 4.79 Å². The average molecular weight is 850 g/mol. The number of carbonyl (C=O) groups is 7. The van der Waals surface area contributed by atoms with Crippen molar-refractivity contribution in [3.05, 3.63) is 29.8 Å². The van der Waals surface area contributed by atoms with Crippen molar-refractivity contribution in [3.8, 4) is 0 Å². The highest BCUT2D eigenvalue weighted by atomic mass is 32.2. The van der Waals surface area contributed by atoms with Gasteiger partial charge in [-0.05, 0) is 56.3 Å². The summed E-state index contributed by atoms with van der Waals surface area (Å²) < 4.78 is 5.26. The Balaban J connectivity index is 1.91. The number of likely N-dealkylation sites (N-methyl/N-ethyl adjacent to an activating group) is 1. The molecule has 18 heteroatoms. The van der Waals surface area contributed by atoms with Crippen LogP contribution in [0.4, 0.5) is 10.5 Å². The molecule has 0 saturated carbocycles. The summed E-state index contributed by atoms with van der Waals surface area (Å²) in [5, 5.41) is 24.8. The van der Waals surface area contributed by atoms with Gasteiger partial charge in [0.1, 0.15) is 18.9 Å². The zero-order chi connectivity index (χ0) is 43.5. The number of amides is 6. The van der Waals surface area contributed by atoms with Gasteiger partial charge in [0.2, 0.25) is 23.6 Å². The number of urea groups is 1. The highest BCUT2D eigenvalue weighted by molar-refractivity contribution is 8.00. The van der Waals surface area contributed by atoms with E-state index < -0.39 is 35.8 Å². The molecule has 1 aromatic rings. The van der Waals surface area contributed by atoms with E-state index in [9.17, 15) is 38.7 Å². The van der Waals surface area contributed by atoms with E-state index in [1.54, 1.807) is 45.2 Å². The molecule has 326 valence electrons. The molecule has 2 rings (SSSR count). The monoisotopic (exact) mass is 849 g/mol. The topological polar surface area (TPSA) is 238 Å². The van der Waals surface area contributed by atoms with E-state index in [2.05, 4.69) is 26.6 Å². The van der Waals surface area contributed by atoms with Crippen molar-refractivity contribution in [1.82, 2.24) is 26.2 Å². The normalized spacial score (nSPS) is 17.5. The second-order valence-electron chi connectivity index (χ2n) is 15.9. The summed E-state index contributed by atoms with van der Waals surface area (Å²) in [7, 11) is 2.19. The van der Waals surface area contributed by atoms with Gasteiger partial charge in [-0.3, -0.25) is 28.8 Å². The summed E-state index contributed by atoms with van der Waals surface area (Å²) >= 11 is 1.43. The first-order valence-corrected chi connectivity index (χ1v) is 22.6. The van der Waals surface area contributed by atoms with Crippen molar-refractivity contribution in [2.24, 2.45) is 29.4 Å². The number of ether oxygens (including phenoxy) is 1. The number of carbonyl (C=O) groups excluding carboxylic acids is 7. The van der Waals surface area contributed by atoms with E-state index in [0.717, 1.165) is 5.56 Å². The van der Waals surface area contributed by atoms with Crippen LogP contribution < -0.4 is 32.3 Å². The van der Waals surface area contributed by atoms with Crippen LogP contribution in [0.15, 0.2) is 24.3 Å². The number of benzene rings is 1. The van der Waals surface area contributed by atoms with Crippen LogP contribution >= 0.6 is 11.8 Å². The third kappa shape index (κ3) is 17.1. The Morgan fingerprint density at radius 1 is 0.931 bits per heavy atom. The average Bonchev–Trinajstić information content (AvgIpc) is 3.42. The Hall–Kier alpha value is -4.00. The maximum Gasteiger partial charge on any atom is 0.312 e. The van der Waals surface area contributed by atoms with Crippen molar-refractivity contribution in [2.75, 3.05) is 31.2 Å². The van der Waals surface area contributed by atoms with Crippen LogP contribution in [0.1, 0.15) is 92.1 Å². The van der Waals surface area contributed by atoms with E-state index in [0.29, 0.717) is 53.9 Å². The van der Waals surface area contributed by atoms with Gasteiger partial charge < -0.3 is 47.1 Å². The zero-order valence-corrected chi connectivity index (χ0v) is 38.2. The molecule has 1 aromatic carbocycles. The highest BCUT2D eigenvalue weighted by Crippen LogP contribution is 2.30. The lowest BCUT2D eigenvalue weighted by molar-refractivity contribution is -0.148. The molecule has 0 radical (unpaired) electrons. The number of likely N-dealkylation sites (tertiary alicyclic amines) is 1. The quantitative estimate of drug-likeness (QED) is 0.0399. The Morgan fingerprint density at radius 2 is 1.60 bits per heavy atom. The van der Waals surface area contributed by atoms with Gasteiger partial charge in [0.15, 0.2) is 5.78 Å². The van der Waals surface area contributed by atoms with Gasteiger partial charge in [0.25, 0.3) is 0 Å². The van der Waals surface area contributed by atoms with Gasteiger partial charge >= 0.3 is 12.0 Å². The Bertz CT molecular complexity index is 1530. The molecule has 16 nitrogen and oxygen atoms in total. The molecule has 58 heavy (non-hydrogen) atoms. The van der Waals surface area contributed by atoms with Gasteiger partial charge in [-0.2, -0.15) is 11.8 Å². The third-order valence-corrected chi connectivity index (χ3v) is 12.4. The third-order valence-electron chi connectivity index (χ3n) is 10.0. The number of aliphatic hydroxyl groups excluding tert-OH is 1. The lowest BCUT2D eigenvalue weighted by atomic mass is 9.93. The standard InChI is InChI=1S/C40H67N7O9SSi/c1-23(2)33(36(52)45-28(12-11-18-43-40(41)55)35(51)44-27-16-14-26(15-17-27)21-56-39(54)25(5)6)37(58)46-31(48)13-9-8-10-19-47-32(49)20-30(38(47)53)57-22-29(42-7)34(50)24(3)4/h14-17,23-25,28-30,33,37-38,42,53H,8-13,18-22H2,1-7,58H3,(H,44,51)(H,45,52)(H,46,48)(H3,41,43,55)/t28?,29-,30?,33-,37?,38?/m0/s1. The van der Waals surface area contributed by atoms with E-state index in [4.69, 9.17) is 10.5 Å². The number of aliphatic hydroxyl groups is 1. The van der Waals surface area contributed by atoms with Crippen molar-refractivity contribution in [2.45, 2.75) is 122 Å². The van der Waals surface area contributed by atoms with Crippen LogP contribution in [0.3, 0.4) is 0 Å². The van der Waals surface area contributed by atoms with Crippen LogP contribution in [0.2, 0.25) is 0 Å². The van der Waals surface area contributed by atoms with Gasteiger partial charge in [0, 0.05) is 59.2 Å². The van der Waals surface area contributed by atoms with Crippen molar-refractivity contribution >= 4 is 69.1 Å². The van der Waals surface area contributed by atoms with Gasteiger partial charge in [0.05, 0.1) is 23.1 Å². The minimum absolute atomic E-state index is 0.0932. The molecule has 1 heterocycles. The number of nitrogens with one attached hydrogen (secondary N) is 5. The second-order valence-corrected chi connectivity index (χ2v) is 18.4. The van der Waals surface area contributed by atoms with E-state index in [1.807, 2.05) is 27.7 Å². The molecule has 0 aliphatic carbocycles. The fourth-order valence-electron chi connectivity index (χ4n) is 6.63. The maximum absolute atomic E-state index is 13.8. The van der Waals surface area contributed by atoms with Crippen molar-refractivity contribution in [3.63, 3.8) is 0 Å². The Morgan fingerprint density at radius 3 is 2.19 bits per heavy atom. The summed E-state index contributed by atoms with van der Waals surface area (Å²) in [4.78, 5) is 89.8. The molecular weight excluding hydrogens is 783 g/mol. The molecular formula is C40H67N7O9SSi. The van der Waals surface area contributed by atoms with Crippen LogP contribution in [0.25, 0.3) is 0 Å². The lowest BCUT2D eigenvalue weighted by Crippen LogP contribution is -2.53. The summed E-state index contributed by atoms with van der Waals surface area (Å²) in [5.41, 5.74) is 5.99. The number of hydrogen-bond donors (Lipinski definition) is 7.